The summed E-state index contributed by atoms with van der Waals surface area (Å²) in [4.78, 5) is 47.0. The Morgan fingerprint density at radius 2 is 0.708 bits per heavy atom. The summed E-state index contributed by atoms with van der Waals surface area (Å²) in [6.07, 6.45) is 41.5. The molecule has 0 bridgehead atoms. The lowest BCUT2D eigenvalue weighted by atomic mass is 9.43. The Balaban J connectivity index is 0.000000125. The van der Waals surface area contributed by atoms with Crippen LogP contribution in [-0.4, -0.2) is 125 Å². The predicted molar refractivity (Wildman–Crippen MR) is 444 cm³/mol. The van der Waals surface area contributed by atoms with Gasteiger partial charge in [-0.25, -0.2) is 4.98 Å². The predicted octanol–water partition coefficient (Wildman–Crippen LogP) is 16.8. The minimum atomic E-state index is -3.64. The molecule has 16 aliphatic carbocycles. The standard InChI is InChI=1S/C24H38N4OS.2C23H38O5S.C22H36O3/c1-14-6-9-22(2)15(12-14)4-5-17-16(22)7-10-23(3)18(8-11-24(17,23)29)19-13-30-21(27-19)28-20(25)26;2*1-15-7-10-21(2)16(13-15)5-6-18-17(21)8-11-22(3)19(9-12-23(18,22)25)20(24)14-28-29(4,26)27;1-14-6-9-20(2)15(12-14)4-5-17-16(20)7-10-21(3)18(19(24)13-23)8-11-22(17,21)25/h13-18,29H,4-12H2,1-3H3,(H4,25,26,27,28);2*15-19,25H,5-14H2,1-4H3;14-18,23,25H,4-13H2,1-3H3/t14-,15+,16?,17?,18+,22-,23+,24-;2*15-,16+,17?,18?,19+,21-,22+,23-;14-,15+,16?,17?,18+,20-,21+,22-/m0000/s1. The monoisotopic (exact) mass is 1630 g/mol. The number of aliphatic hydroxyl groups excluding tert-OH is 1. The van der Waals surface area contributed by atoms with Gasteiger partial charge in [-0.05, 0) is 322 Å². The van der Waals surface area contributed by atoms with Crippen LogP contribution in [0.4, 0.5) is 5.13 Å². The molecule has 16 fully saturated rings. The Labute approximate surface area is 684 Å². The fraction of sp³-hybridized carbons (Fsp3) is 0.924. The third kappa shape index (κ3) is 14.4. The van der Waals surface area contributed by atoms with Crippen LogP contribution in [0.5, 0.6) is 0 Å². The number of ketones is 3. The van der Waals surface area contributed by atoms with E-state index in [0.29, 0.717) is 93.9 Å². The first-order chi connectivity index (χ1) is 52.7. The SMILES string of the molecule is C[C@H]1CC[C@]2(C)C3CC[C@]4(C)[C@@H](C(=O)CO)CC[C@]4(O)C3CC[C@@H]2C1.C[C@H]1CC[C@]2(C)C3CC[C@]4(C)[C@@H](C(=O)COS(C)(=O)=O)CC[C@]4(O)C3CC[C@@H]2C1.C[C@H]1CC[C@]2(C)C3CC[C@]4(C)[C@@H](C(=O)COS(C)(=O)=O)CC[C@]4(O)C3CC[C@@H]2C1.C[C@H]1CC[C@]2(C)C3CC[C@]4(C)[C@@H](c5csc(N=C(N)N)n5)CC[C@]4(O)C3CC[C@@H]2C1. The number of nitrogens with two attached hydrogens (primary N) is 2. The van der Waals surface area contributed by atoms with Crippen LogP contribution in [0.2, 0.25) is 0 Å². The molecule has 9 N–H and O–H groups in total. The molecule has 0 spiro atoms. The summed E-state index contributed by atoms with van der Waals surface area (Å²) >= 11 is 1.50. The van der Waals surface area contributed by atoms with Crippen molar-refractivity contribution in [1.82, 2.24) is 4.98 Å². The molecule has 17 rings (SSSR count). The molecule has 18 nitrogen and oxygen atoms in total. The van der Waals surface area contributed by atoms with Gasteiger partial charge in [-0.2, -0.15) is 21.8 Å². The van der Waals surface area contributed by atoms with Crippen molar-refractivity contribution < 1.29 is 65.1 Å². The maximum atomic E-state index is 12.9. The van der Waals surface area contributed by atoms with Gasteiger partial charge in [-0.1, -0.05) is 109 Å². The van der Waals surface area contributed by atoms with E-state index in [1.807, 2.05) is 0 Å². The van der Waals surface area contributed by atoms with Crippen molar-refractivity contribution in [3.8, 4) is 0 Å². The topological polar surface area (TPSA) is 316 Å². The van der Waals surface area contributed by atoms with Crippen LogP contribution < -0.4 is 11.5 Å². The van der Waals surface area contributed by atoms with Crippen molar-refractivity contribution in [3.05, 3.63) is 11.1 Å². The van der Waals surface area contributed by atoms with E-state index in [1.165, 1.54) is 127 Å². The zero-order valence-corrected chi connectivity index (χ0v) is 74.3. The molecule has 0 amide bonds. The van der Waals surface area contributed by atoms with Crippen LogP contribution in [0.1, 0.15) is 326 Å². The van der Waals surface area contributed by atoms with E-state index in [9.17, 15) is 56.8 Å². The average Bonchev–Trinajstić information content (AvgIpc) is 1.64. The minimum absolute atomic E-state index is 0.0525. The molecular formula is C92H150N4O14S3. The molecular weight excluding hydrogens is 1480 g/mol. The second-order valence-electron chi connectivity index (χ2n) is 44.5. The number of fused-ring (bicyclic) bond motifs is 20. The number of hydrogen-bond acceptors (Lipinski definition) is 17. The van der Waals surface area contributed by atoms with Gasteiger partial charge in [0.25, 0.3) is 20.2 Å². The van der Waals surface area contributed by atoms with E-state index in [1.54, 1.807) is 0 Å². The van der Waals surface area contributed by atoms with Crippen LogP contribution in [0, 0.1) is 156 Å². The number of rotatable bonds is 12. The Morgan fingerprint density at radius 1 is 0.416 bits per heavy atom. The highest BCUT2D eigenvalue weighted by Crippen LogP contribution is 2.75. The third-order valence-electron chi connectivity index (χ3n) is 39.7. The molecule has 0 radical (unpaired) electrons. The number of carbonyl (C=O) groups excluding carboxylic acids is 3. The largest absolute Gasteiger partial charge is 0.389 e. The molecule has 16 saturated carbocycles. The number of aromatic nitrogens is 1. The first-order valence-electron chi connectivity index (χ1n) is 45.6. The molecule has 0 aliphatic heterocycles. The Kier molecular flexibility index (Phi) is 23.7. The summed E-state index contributed by atoms with van der Waals surface area (Å²) in [5.41, 5.74) is 9.27. The Bertz CT molecular complexity index is 3830. The smallest absolute Gasteiger partial charge is 0.264 e. The highest BCUT2D eigenvalue weighted by Gasteiger charge is 2.73. The van der Waals surface area contributed by atoms with Crippen molar-refractivity contribution in [2.24, 2.45) is 172 Å². The van der Waals surface area contributed by atoms with E-state index in [2.05, 4.69) is 93.5 Å². The molecule has 1 heterocycles. The zero-order valence-electron chi connectivity index (χ0n) is 71.9. The number of aliphatic hydroxyl groups is 5. The number of aliphatic imine (C=N–C) groups is 1. The number of carbonyl (C=O) groups is 3. The van der Waals surface area contributed by atoms with Crippen LogP contribution in [0.3, 0.4) is 0 Å². The molecule has 16 aliphatic rings. The average molecular weight is 1630 g/mol. The third-order valence-corrected chi connectivity index (χ3v) is 41.5. The van der Waals surface area contributed by atoms with Gasteiger partial charge in [-0.15, -0.1) is 11.3 Å². The van der Waals surface area contributed by atoms with Gasteiger partial charge in [0.15, 0.2) is 23.3 Å². The normalized spacial score (nSPS) is 50.4. The van der Waals surface area contributed by atoms with Crippen molar-refractivity contribution >= 4 is 60.0 Å². The van der Waals surface area contributed by atoms with Crippen molar-refractivity contribution in [2.45, 2.75) is 343 Å². The van der Waals surface area contributed by atoms with Gasteiger partial charge in [0.1, 0.15) is 19.8 Å². The molecule has 21 heteroatoms. The van der Waals surface area contributed by atoms with E-state index >= 15 is 0 Å². The van der Waals surface area contributed by atoms with Crippen molar-refractivity contribution in [1.29, 1.82) is 0 Å². The van der Waals surface area contributed by atoms with Crippen LogP contribution >= 0.6 is 11.3 Å². The maximum Gasteiger partial charge on any atom is 0.264 e. The first-order valence-corrected chi connectivity index (χ1v) is 50.1. The van der Waals surface area contributed by atoms with Gasteiger partial charge in [0.2, 0.25) is 5.13 Å². The Morgan fingerprint density at radius 3 is 1.01 bits per heavy atom. The first kappa shape index (κ1) is 86.9. The summed E-state index contributed by atoms with van der Waals surface area (Å²) < 4.78 is 54.9. The van der Waals surface area contributed by atoms with Crippen molar-refractivity contribution in [2.75, 3.05) is 32.3 Å². The van der Waals surface area contributed by atoms with Crippen LogP contribution in [0.15, 0.2) is 10.4 Å². The minimum Gasteiger partial charge on any atom is -0.389 e. The summed E-state index contributed by atoms with van der Waals surface area (Å²) in [5.74, 6) is 9.38. The fourth-order valence-electron chi connectivity index (χ4n) is 33.0. The molecule has 0 saturated heterocycles. The molecule has 32 atom stereocenters. The van der Waals surface area contributed by atoms with Gasteiger partial charge < -0.3 is 37.0 Å². The lowest BCUT2D eigenvalue weighted by Gasteiger charge is -2.63. The molecule has 8 unspecified atom stereocenters. The lowest BCUT2D eigenvalue weighted by molar-refractivity contribution is -0.208. The lowest BCUT2D eigenvalue weighted by Crippen LogP contribution is -2.62. The number of thiazole rings is 1. The molecule has 0 aromatic carbocycles. The summed E-state index contributed by atoms with van der Waals surface area (Å²) in [7, 11) is -7.28. The molecule has 1 aromatic rings. The number of nitrogens with zero attached hydrogens (tertiary/aromatic N) is 2. The molecule has 113 heavy (non-hydrogen) atoms. The number of hydrogen-bond donors (Lipinski definition) is 7. The maximum absolute atomic E-state index is 12.9. The number of Topliss-reactive ketones (excluding diaryl/α,β-unsaturated/α-hetero) is 3. The van der Waals surface area contributed by atoms with E-state index in [4.69, 9.17) is 24.8 Å². The van der Waals surface area contributed by atoms with Gasteiger partial charge in [0.05, 0.1) is 40.6 Å². The Hall–Kier alpha value is -2.47. The summed E-state index contributed by atoms with van der Waals surface area (Å²) in [5, 5.41) is 60.5. The highest BCUT2D eigenvalue weighted by atomic mass is 32.2. The van der Waals surface area contributed by atoms with Gasteiger partial charge in [0, 0.05) is 50.7 Å². The second-order valence-corrected chi connectivity index (χ2v) is 48.6. The van der Waals surface area contributed by atoms with E-state index in [0.717, 1.165) is 155 Å². The van der Waals surface area contributed by atoms with Crippen molar-refractivity contribution in [3.63, 3.8) is 0 Å². The highest BCUT2D eigenvalue weighted by molar-refractivity contribution is 7.86. The molecule has 640 valence electrons. The zero-order chi connectivity index (χ0) is 81.8. The summed E-state index contributed by atoms with van der Waals surface area (Å²) in [6.45, 7) is 27.1. The van der Waals surface area contributed by atoms with Gasteiger partial charge in [-0.3, -0.25) is 22.7 Å². The van der Waals surface area contributed by atoms with E-state index < -0.39 is 66.7 Å². The molecule has 1 aromatic heterocycles. The number of guanidine groups is 1. The summed E-state index contributed by atoms with van der Waals surface area (Å²) in [6, 6.07) is 0. The van der Waals surface area contributed by atoms with Crippen LogP contribution in [0.25, 0.3) is 0 Å². The van der Waals surface area contributed by atoms with E-state index in [-0.39, 0.29) is 70.3 Å². The quantitative estimate of drug-likeness (QED) is 0.0581. The fourth-order valence-corrected chi connectivity index (χ4v) is 34.4. The van der Waals surface area contributed by atoms with Crippen LogP contribution in [-0.2, 0) is 43.0 Å². The van der Waals surface area contributed by atoms with Gasteiger partial charge >= 0.3 is 0 Å². The second kappa shape index (κ2) is 30.8.